The first-order chi connectivity index (χ1) is 9.44. The largest absolute Gasteiger partial charge is 0.461 e. The lowest BCUT2D eigenvalue weighted by Crippen LogP contribution is -2.40. The smallest absolute Gasteiger partial charge is 0.360 e. The van der Waals surface area contributed by atoms with Gasteiger partial charge in [0.2, 0.25) is 11.7 Å². The molecule has 8 heteroatoms. The molecule has 0 radical (unpaired) electrons. The first-order valence-corrected chi connectivity index (χ1v) is 7.79. The topological polar surface area (TPSA) is 94.8 Å². The van der Waals surface area contributed by atoms with E-state index >= 15 is 0 Å². The second-order valence-electron chi connectivity index (χ2n) is 3.82. The standard InChI is InChI=1S/C12H18NO6P/c1-4-18-20(16,19-5-2)12(13-9(3)14)11(15)10-7-6-8-17-10/h6-8,12H,4-5H2,1-3H3,(H,13,14). The number of Topliss-reactive ketones (excluding diaryl/α,β-unsaturated/α-hetero) is 1. The Bertz CT molecular complexity index is 488. The van der Waals surface area contributed by atoms with Crippen LogP contribution >= 0.6 is 7.60 Å². The van der Waals surface area contributed by atoms with E-state index in [1.165, 1.54) is 25.3 Å². The van der Waals surface area contributed by atoms with Crippen LogP contribution in [0.1, 0.15) is 31.3 Å². The molecule has 1 N–H and O–H groups in total. The van der Waals surface area contributed by atoms with Gasteiger partial charge in [-0.1, -0.05) is 0 Å². The van der Waals surface area contributed by atoms with Crippen molar-refractivity contribution in [2.75, 3.05) is 13.2 Å². The molecule has 0 aliphatic heterocycles. The molecule has 7 nitrogen and oxygen atoms in total. The normalized spacial score (nSPS) is 12.9. The third kappa shape index (κ3) is 4.03. The molecule has 1 aromatic rings. The fourth-order valence-electron chi connectivity index (χ4n) is 1.58. The molecule has 0 spiro atoms. The summed E-state index contributed by atoms with van der Waals surface area (Å²) in [5.74, 6) is -2.63. The third-order valence-electron chi connectivity index (χ3n) is 2.29. The highest BCUT2D eigenvalue weighted by Gasteiger charge is 2.43. The van der Waals surface area contributed by atoms with Gasteiger partial charge in [0.25, 0.3) is 0 Å². The SMILES string of the molecule is CCOP(=O)(OCC)C(NC(C)=O)C(=O)c1ccco1. The van der Waals surface area contributed by atoms with Crippen LogP contribution in [-0.4, -0.2) is 30.7 Å². The van der Waals surface area contributed by atoms with Crippen LogP contribution in [0.3, 0.4) is 0 Å². The zero-order valence-corrected chi connectivity index (χ0v) is 12.5. The molecule has 0 aliphatic carbocycles. The molecule has 1 unspecified atom stereocenters. The second kappa shape index (κ2) is 7.38. The summed E-state index contributed by atoms with van der Waals surface area (Å²) in [5.41, 5.74) is 0. The lowest BCUT2D eigenvalue weighted by atomic mass is 10.3. The van der Waals surface area contributed by atoms with Gasteiger partial charge in [0, 0.05) is 6.92 Å². The minimum atomic E-state index is -3.82. The second-order valence-corrected chi connectivity index (χ2v) is 5.93. The van der Waals surface area contributed by atoms with Gasteiger partial charge < -0.3 is 18.8 Å². The summed E-state index contributed by atoms with van der Waals surface area (Å²) in [4.78, 5) is 23.6. The molecule has 1 heterocycles. The average Bonchev–Trinajstić information content (AvgIpc) is 2.89. The Labute approximate surface area is 117 Å². The van der Waals surface area contributed by atoms with Crippen molar-refractivity contribution >= 4 is 19.3 Å². The highest BCUT2D eigenvalue weighted by atomic mass is 31.2. The minimum absolute atomic E-state index is 0.0246. The third-order valence-corrected chi connectivity index (χ3v) is 4.52. The maximum absolute atomic E-state index is 12.7. The van der Waals surface area contributed by atoms with Crippen LogP contribution in [0.4, 0.5) is 0 Å². The van der Waals surface area contributed by atoms with Crippen LogP contribution in [0, 0.1) is 0 Å². The summed E-state index contributed by atoms with van der Waals surface area (Å²) in [6, 6.07) is 2.93. The van der Waals surface area contributed by atoms with Gasteiger partial charge in [0.05, 0.1) is 19.5 Å². The average molecular weight is 303 g/mol. The zero-order chi connectivity index (χ0) is 15.2. The highest BCUT2D eigenvalue weighted by Crippen LogP contribution is 2.52. The van der Waals surface area contributed by atoms with Crippen molar-refractivity contribution in [1.82, 2.24) is 5.32 Å². The quantitative estimate of drug-likeness (QED) is 0.584. The number of hydrogen-bond acceptors (Lipinski definition) is 6. The van der Waals surface area contributed by atoms with E-state index in [1.54, 1.807) is 13.8 Å². The fraction of sp³-hybridized carbons (Fsp3) is 0.500. The van der Waals surface area contributed by atoms with Gasteiger partial charge >= 0.3 is 7.60 Å². The van der Waals surface area contributed by atoms with Gasteiger partial charge in [-0.2, -0.15) is 0 Å². The van der Waals surface area contributed by atoms with E-state index in [4.69, 9.17) is 13.5 Å². The predicted octanol–water partition coefficient (Wildman–Crippen LogP) is 2.19. The van der Waals surface area contributed by atoms with Crippen molar-refractivity contribution in [3.8, 4) is 0 Å². The van der Waals surface area contributed by atoms with E-state index in [-0.39, 0.29) is 19.0 Å². The van der Waals surface area contributed by atoms with Crippen LogP contribution in [-0.2, 0) is 18.4 Å². The van der Waals surface area contributed by atoms with Crippen LogP contribution in [0.15, 0.2) is 22.8 Å². The number of carbonyl (C=O) groups is 2. The summed E-state index contributed by atoms with van der Waals surface area (Å²) in [6.45, 7) is 4.62. The molecule has 112 valence electrons. The van der Waals surface area contributed by atoms with Crippen LogP contribution < -0.4 is 5.32 Å². The molecule has 0 saturated heterocycles. The molecule has 0 aliphatic rings. The zero-order valence-electron chi connectivity index (χ0n) is 11.6. The lowest BCUT2D eigenvalue weighted by molar-refractivity contribution is -0.119. The van der Waals surface area contributed by atoms with E-state index in [1.807, 2.05) is 0 Å². The highest BCUT2D eigenvalue weighted by molar-refractivity contribution is 7.55. The van der Waals surface area contributed by atoms with E-state index < -0.39 is 25.1 Å². The number of amides is 1. The van der Waals surface area contributed by atoms with Gasteiger partial charge in [-0.25, -0.2) is 0 Å². The summed E-state index contributed by atoms with van der Waals surface area (Å²) in [7, 11) is -3.82. The molecule has 0 bridgehead atoms. The number of furan rings is 1. The van der Waals surface area contributed by atoms with Crippen LogP contribution in [0.25, 0.3) is 0 Å². The molecule has 0 fully saturated rings. The predicted molar refractivity (Wildman–Crippen MR) is 71.5 cm³/mol. The van der Waals surface area contributed by atoms with Crippen LogP contribution in [0.5, 0.6) is 0 Å². The Morgan fingerprint density at radius 3 is 2.35 bits per heavy atom. The number of nitrogens with one attached hydrogen (secondary N) is 1. The van der Waals surface area contributed by atoms with Crippen molar-refractivity contribution < 1.29 is 27.6 Å². The van der Waals surface area contributed by atoms with Gasteiger partial charge in [-0.15, -0.1) is 0 Å². The summed E-state index contributed by atoms with van der Waals surface area (Å²) >= 11 is 0. The first-order valence-electron chi connectivity index (χ1n) is 6.18. The van der Waals surface area contributed by atoms with Gasteiger partial charge in [0.1, 0.15) is 0 Å². The van der Waals surface area contributed by atoms with Gasteiger partial charge in [-0.3, -0.25) is 14.2 Å². The maximum atomic E-state index is 12.7. The Balaban J connectivity index is 3.12. The van der Waals surface area contributed by atoms with E-state index in [0.29, 0.717) is 0 Å². The van der Waals surface area contributed by atoms with Crippen LogP contribution in [0.2, 0.25) is 0 Å². The number of carbonyl (C=O) groups excluding carboxylic acids is 2. The Morgan fingerprint density at radius 2 is 1.95 bits per heavy atom. The minimum Gasteiger partial charge on any atom is -0.461 e. The number of rotatable bonds is 8. The molecular formula is C12H18NO6P. The van der Waals surface area contributed by atoms with E-state index in [0.717, 1.165) is 0 Å². The Hall–Kier alpha value is -1.43. The molecular weight excluding hydrogens is 285 g/mol. The number of hydrogen-bond donors (Lipinski definition) is 1. The van der Waals surface area contributed by atoms with E-state index in [9.17, 15) is 14.2 Å². The summed E-state index contributed by atoms with van der Waals surface area (Å²) < 4.78 is 27.9. The summed E-state index contributed by atoms with van der Waals surface area (Å²) in [6.07, 6.45) is 1.31. The van der Waals surface area contributed by atoms with Crippen molar-refractivity contribution in [2.24, 2.45) is 0 Å². The Morgan fingerprint density at radius 1 is 1.35 bits per heavy atom. The lowest BCUT2D eigenvalue weighted by Gasteiger charge is -2.24. The van der Waals surface area contributed by atoms with E-state index in [2.05, 4.69) is 5.32 Å². The Kier molecular flexibility index (Phi) is 6.13. The molecule has 1 amide bonds. The molecule has 0 aromatic carbocycles. The molecule has 1 rings (SSSR count). The number of ketones is 1. The molecule has 20 heavy (non-hydrogen) atoms. The molecule has 1 aromatic heterocycles. The molecule has 0 saturated carbocycles. The fourth-order valence-corrected chi connectivity index (χ4v) is 3.43. The van der Waals surface area contributed by atoms with Crippen molar-refractivity contribution in [2.45, 2.75) is 26.6 Å². The van der Waals surface area contributed by atoms with Crippen molar-refractivity contribution in [1.29, 1.82) is 0 Å². The monoisotopic (exact) mass is 303 g/mol. The summed E-state index contributed by atoms with van der Waals surface area (Å²) in [5, 5.41) is 2.32. The maximum Gasteiger partial charge on any atom is 0.360 e. The van der Waals surface area contributed by atoms with Gasteiger partial charge in [-0.05, 0) is 26.0 Å². The van der Waals surface area contributed by atoms with Gasteiger partial charge in [0.15, 0.2) is 11.5 Å². The first kappa shape index (κ1) is 16.6. The van der Waals surface area contributed by atoms with Crippen molar-refractivity contribution in [3.63, 3.8) is 0 Å². The van der Waals surface area contributed by atoms with Crippen molar-refractivity contribution in [3.05, 3.63) is 24.2 Å². The molecule has 1 atom stereocenters.